The number of hydrogen-bond acceptors (Lipinski definition) is 2. The SMILES string of the molecule is C=C(C)C(=O)OCC(I)CI. The Kier molecular flexibility index (Phi) is 6.59. The molecular formula is C7H10I2O2. The number of alkyl halides is 2. The molecule has 0 aromatic rings. The van der Waals surface area contributed by atoms with Gasteiger partial charge in [0.15, 0.2) is 0 Å². The monoisotopic (exact) mass is 380 g/mol. The zero-order valence-electron chi connectivity index (χ0n) is 6.27. The second-order valence-electron chi connectivity index (χ2n) is 2.13. The van der Waals surface area contributed by atoms with Crippen LogP contribution in [0.4, 0.5) is 0 Å². The minimum atomic E-state index is -0.295. The van der Waals surface area contributed by atoms with Gasteiger partial charge in [-0.1, -0.05) is 51.8 Å². The van der Waals surface area contributed by atoms with Crippen LogP contribution in [0.15, 0.2) is 12.2 Å². The molecule has 11 heavy (non-hydrogen) atoms. The van der Waals surface area contributed by atoms with Gasteiger partial charge in [0.1, 0.15) is 6.61 Å². The third kappa shape index (κ3) is 5.89. The van der Waals surface area contributed by atoms with Crippen LogP contribution in [0.2, 0.25) is 0 Å². The van der Waals surface area contributed by atoms with Crippen molar-refractivity contribution in [2.45, 2.75) is 10.8 Å². The minimum Gasteiger partial charge on any atom is -0.461 e. The van der Waals surface area contributed by atoms with E-state index in [9.17, 15) is 4.79 Å². The van der Waals surface area contributed by atoms with Gasteiger partial charge in [-0.15, -0.1) is 0 Å². The standard InChI is InChI=1S/C7H10I2O2/c1-5(2)7(10)11-4-6(9)3-8/h6H,1,3-4H2,2H3. The maximum absolute atomic E-state index is 10.8. The predicted molar refractivity (Wildman–Crippen MR) is 62.5 cm³/mol. The molecule has 64 valence electrons. The molecule has 1 unspecified atom stereocenters. The van der Waals surface area contributed by atoms with Gasteiger partial charge in [-0.25, -0.2) is 4.79 Å². The summed E-state index contributed by atoms with van der Waals surface area (Å²) in [6, 6.07) is 0. The van der Waals surface area contributed by atoms with E-state index < -0.39 is 0 Å². The third-order valence-corrected chi connectivity index (χ3v) is 4.46. The van der Waals surface area contributed by atoms with Crippen molar-refractivity contribution in [1.82, 2.24) is 0 Å². The van der Waals surface area contributed by atoms with E-state index in [1.165, 1.54) is 0 Å². The number of halogens is 2. The van der Waals surface area contributed by atoms with Crippen molar-refractivity contribution in [3.05, 3.63) is 12.2 Å². The first-order valence-electron chi connectivity index (χ1n) is 3.10. The summed E-state index contributed by atoms with van der Waals surface area (Å²) >= 11 is 4.50. The zero-order valence-corrected chi connectivity index (χ0v) is 10.6. The molecule has 0 amide bonds. The fraction of sp³-hybridized carbons (Fsp3) is 0.571. The largest absolute Gasteiger partial charge is 0.461 e. The summed E-state index contributed by atoms with van der Waals surface area (Å²) in [7, 11) is 0. The highest BCUT2D eigenvalue weighted by atomic mass is 127. The average molecular weight is 380 g/mol. The molecule has 4 heteroatoms. The average Bonchev–Trinajstić information content (AvgIpc) is 1.99. The van der Waals surface area contributed by atoms with E-state index in [4.69, 9.17) is 4.74 Å². The van der Waals surface area contributed by atoms with Crippen molar-refractivity contribution in [1.29, 1.82) is 0 Å². The molecule has 0 rings (SSSR count). The van der Waals surface area contributed by atoms with E-state index in [0.717, 1.165) is 4.43 Å². The molecule has 0 N–H and O–H groups in total. The first-order valence-corrected chi connectivity index (χ1v) is 5.87. The highest BCUT2D eigenvalue weighted by molar-refractivity contribution is 14.1. The van der Waals surface area contributed by atoms with Crippen molar-refractivity contribution in [3.63, 3.8) is 0 Å². The molecule has 0 saturated carbocycles. The molecule has 0 radical (unpaired) electrons. The van der Waals surface area contributed by atoms with Crippen molar-refractivity contribution in [3.8, 4) is 0 Å². The first kappa shape index (κ1) is 11.7. The summed E-state index contributed by atoms with van der Waals surface area (Å²) in [6.07, 6.45) is 0. The van der Waals surface area contributed by atoms with Gasteiger partial charge in [-0.2, -0.15) is 0 Å². The smallest absolute Gasteiger partial charge is 0.333 e. The van der Waals surface area contributed by atoms with Gasteiger partial charge in [0.2, 0.25) is 0 Å². The quantitative estimate of drug-likeness (QED) is 0.324. The van der Waals surface area contributed by atoms with Crippen LogP contribution in [0.3, 0.4) is 0 Å². The van der Waals surface area contributed by atoms with Crippen LogP contribution in [0, 0.1) is 0 Å². The van der Waals surface area contributed by atoms with Crippen LogP contribution >= 0.6 is 45.2 Å². The van der Waals surface area contributed by atoms with Crippen molar-refractivity contribution in [2.24, 2.45) is 0 Å². The van der Waals surface area contributed by atoms with Crippen LogP contribution in [0.5, 0.6) is 0 Å². The Morgan fingerprint density at radius 3 is 2.64 bits per heavy atom. The third-order valence-electron chi connectivity index (χ3n) is 0.911. The molecule has 0 aliphatic rings. The second kappa shape index (κ2) is 6.22. The lowest BCUT2D eigenvalue weighted by atomic mass is 10.4. The topological polar surface area (TPSA) is 26.3 Å². The molecule has 1 atom stereocenters. The summed E-state index contributed by atoms with van der Waals surface area (Å²) in [6.45, 7) is 5.61. The fourth-order valence-corrected chi connectivity index (χ4v) is 0.768. The molecule has 0 spiro atoms. The Morgan fingerprint density at radius 2 is 2.27 bits per heavy atom. The Balaban J connectivity index is 3.54. The number of hydrogen-bond donors (Lipinski definition) is 0. The summed E-state index contributed by atoms with van der Waals surface area (Å²) in [5, 5.41) is 0. The molecule has 0 bridgehead atoms. The van der Waals surface area contributed by atoms with E-state index in [1.807, 2.05) is 0 Å². The van der Waals surface area contributed by atoms with E-state index in [2.05, 4.69) is 51.8 Å². The molecule has 0 saturated heterocycles. The minimum absolute atomic E-state index is 0.295. The zero-order chi connectivity index (χ0) is 8.85. The van der Waals surface area contributed by atoms with Gasteiger partial charge in [-0.05, 0) is 6.92 Å². The van der Waals surface area contributed by atoms with Crippen molar-refractivity contribution in [2.75, 3.05) is 11.0 Å². The highest BCUT2D eigenvalue weighted by Gasteiger charge is 2.06. The lowest BCUT2D eigenvalue weighted by molar-refractivity contribution is -0.138. The number of ether oxygens (including phenoxy) is 1. The highest BCUT2D eigenvalue weighted by Crippen LogP contribution is 2.06. The van der Waals surface area contributed by atoms with Crippen LogP contribution in [0.25, 0.3) is 0 Å². The van der Waals surface area contributed by atoms with Gasteiger partial charge < -0.3 is 4.74 Å². The van der Waals surface area contributed by atoms with Gasteiger partial charge in [0.05, 0.1) is 3.92 Å². The van der Waals surface area contributed by atoms with Crippen molar-refractivity contribution >= 4 is 51.2 Å². The maximum Gasteiger partial charge on any atom is 0.333 e. The maximum atomic E-state index is 10.8. The molecule has 0 aromatic heterocycles. The Morgan fingerprint density at radius 1 is 1.73 bits per heavy atom. The van der Waals surface area contributed by atoms with Gasteiger partial charge in [-0.3, -0.25) is 0 Å². The molecule has 0 aliphatic heterocycles. The predicted octanol–water partition coefficient (Wildman–Crippen LogP) is 2.34. The normalized spacial score (nSPS) is 12.3. The number of rotatable bonds is 4. The lowest BCUT2D eigenvalue weighted by Gasteiger charge is -2.06. The van der Waals surface area contributed by atoms with Gasteiger partial charge in [0, 0.05) is 10.0 Å². The second-order valence-corrected chi connectivity index (χ2v) is 4.77. The van der Waals surface area contributed by atoms with E-state index in [1.54, 1.807) is 6.92 Å². The summed E-state index contributed by atoms with van der Waals surface area (Å²) in [5.74, 6) is -0.295. The number of carbonyl (C=O) groups excluding carboxylic acids is 1. The van der Waals surface area contributed by atoms with Crippen LogP contribution in [-0.2, 0) is 9.53 Å². The van der Waals surface area contributed by atoms with Gasteiger partial charge >= 0.3 is 5.97 Å². The molecule has 0 heterocycles. The fourth-order valence-electron chi connectivity index (χ4n) is 0.334. The summed E-state index contributed by atoms with van der Waals surface area (Å²) in [5.41, 5.74) is 0.460. The number of carbonyl (C=O) groups is 1. The number of esters is 1. The summed E-state index contributed by atoms with van der Waals surface area (Å²) < 4.78 is 6.29. The lowest BCUT2D eigenvalue weighted by Crippen LogP contribution is -2.14. The Hall–Kier alpha value is 0.670. The molecular weight excluding hydrogens is 370 g/mol. The molecule has 0 fully saturated rings. The van der Waals surface area contributed by atoms with Crippen LogP contribution in [-0.4, -0.2) is 20.9 Å². The first-order chi connectivity index (χ1) is 5.07. The molecule has 0 aliphatic carbocycles. The van der Waals surface area contributed by atoms with Crippen molar-refractivity contribution < 1.29 is 9.53 Å². The van der Waals surface area contributed by atoms with Crippen LogP contribution < -0.4 is 0 Å². The Bertz CT molecular complexity index is 157. The van der Waals surface area contributed by atoms with E-state index in [0.29, 0.717) is 16.1 Å². The molecule has 0 aromatic carbocycles. The van der Waals surface area contributed by atoms with E-state index >= 15 is 0 Å². The van der Waals surface area contributed by atoms with E-state index in [-0.39, 0.29) is 5.97 Å². The summed E-state index contributed by atoms with van der Waals surface area (Å²) in [4.78, 5) is 10.8. The molecule has 2 nitrogen and oxygen atoms in total. The van der Waals surface area contributed by atoms with Crippen LogP contribution in [0.1, 0.15) is 6.92 Å². The Labute approximate surface area is 94.0 Å². The van der Waals surface area contributed by atoms with Gasteiger partial charge in [0.25, 0.3) is 0 Å².